The third-order valence-electron chi connectivity index (χ3n) is 4.79. The SMILES string of the molecule is CCc1ccc(CN(C(=O)c2cc(=O)c3ccccc3o2)c2ccccn2)cc1. The van der Waals surface area contributed by atoms with Crippen LogP contribution in [0, 0.1) is 0 Å². The standard InChI is InChI=1S/C24H20N2O3/c1-2-17-10-12-18(13-11-17)16-26(23-9-5-6-14-25-23)24(28)22-15-20(27)19-7-3-4-8-21(19)29-22/h3-15H,2,16H2,1H3. The Morgan fingerprint density at radius 3 is 2.41 bits per heavy atom. The Hall–Kier alpha value is -3.73. The van der Waals surface area contributed by atoms with E-state index in [1.807, 2.05) is 30.3 Å². The number of hydrogen-bond acceptors (Lipinski definition) is 4. The molecule has 4 aromatic rings. The van der Waals surface area contributed by atoms with Crippen LogP contribution in [-0.2, 0) is 13.0 Å². The van der Waals surface area contributed by atoms with E-state index in [0.29, 0.717) is 23.3 Å². The van der Waals surface area contributed by atoms with Crippen molar-refractivity contribution in [2.24, 2.45) is 0 Å². The van der Waals surface area contributed by atoms with Crippen molar-refractivity contribution in [3.63, 3.8) is 0 Å². The highest BCUT2D eigenvalue weighted by molar-refractivity contribution is 6.04. The van der Waals surface area contributed by atoms with Crippen molar-refractivity contribution in [2.75, 3.05) is 4.90 Å². The summed E-state index contributed by atoms with van der Waals surface area (Å²) in [5, 5.41) is 0.448. The van der Waals surface area contributed by atoms with Gasteiger partial charge in [0.05, 0.1) is 11.9 Å². The fourth-order valence-electron chi connectivity index (χ4n) is 3.18. The van der Waals surface area contributed by atoms with E-state index < -0.39 is 5.91 Å². The van der Waals surface area contributed by atoms with Crippen molar-refractivity contribution in [3.8, 4) is 0 Å². The number of hydrogen-bond donors (Lipinski definition) is 0. The van der Waals surface area contributed by atoms with Gasteiger partial charge in [-0.25, -0.2) is 4.98 Å². The highest BCUT2D eigenvalue weighted by Crippen LogP contribution is 2.20. The topological polar surface area (TPSA) is 63.4 Å². The summed E-state index contributed by atoms with van der Waals surface area (Å²) in [7, 11) is 0. The lowest BCUT2D eigenvalue weighted by atomic mass is 10.1. The number of amides is 1. The summed E-state index contributed by atoms with van der Waals surface area (Å²) in [4.78, 5) is 31.6. The Labute approximate surface area is 168 Å². The van der Waals surface area contributed by atoms with Gasteiger partial charge in [-0.3, -0.25) is 14.5 Å². The van der Waals surface area contributed by atoms with E-state index in [4.69, 9.17) is 4.42 Å². The lowest BCUT2D eigenvalue weighted by Crippen LogP contribution is -2.31. The Kier molecular flexibility index (Phi) is 5.20. The summed E-state index contributed by atoms with van der Waals surface area (Å²) < 4.78 is 5.76. The van der Waals surface area contributed by atoms with Crippen LogP contribution in [0.2, 0.25) is 0 Å². The normalized spacial score (nSPS) is 10.8. The van der Waals surface area contributed by atoms with Crippen molar-refractivity contribution in [1.29, 1.82) is 0 Å². The van der Waals surface area contributed by atoms with Gasteiger partial charge < -0.3 is 4.42 Å². The second kappa shape index (κ2) is 8.10. The van der Waals surface area contributed by atoms with Crippen molar-refractivity contribution < 1.29 is 9.21 Å². The number of anilines is 1. The minimum absolute atomic E-state index is 0.00969. The lowest BCUT2D eigenvalue weighted by Gasteiger charge is -2.21. The van der Waals surface area contributed by atoms with Crippen LogP contribution >= 0.6 is 0 Å². The quantitative estimate of drug-likeness (QED) is 0.505. The predicted octanol–water partition coefficient (Wildman–Crippen LogP) is 4.60. The van der Waals surface area contributed by atoms with Crippen LogP contribution in [0.5, 0.6) is 0 Å². The summed E-state index contributed by atoms with van der Waals surface area (Å²) in [6.07, 6.45) is 2.58. The molecule has 1 amide bonds. The van der Waals surface area contributed by atoms with Gasteiger partial charge in [-0.05, 0) is 41.8 Å². The van der Waals surface area contributed by atoms with Crippen LogP contribution < -0.4 is 10.3 Å². The molecule has 0 radical (unpaired) electrons. The molecule has 0 atom stereocenters. The molecule has 0 saturated heterocycles. The average Bonchev–Trinajstić information content (AvgIpc) is 2.78. The number of carbonyl (C=O) groups excluding carboxylic acids is 1. The first-order valence-electron chi connectivity index (χ1n) is 9.49. The molecule has 5 heteroatoms. The molecule has 0 bridgehead atoms. The van der Waals surface area contributed by atoms with Gasteiger partial charge in [-0.1, -0.05) is 49.4 Å². The van der Waals surface area contributed by atoms with E-state index in [2.05, 4.69) is 11.9 Å². The Bertz CT molecular complexity index is 1200. The van der Waals surface area contributed by atoms with E-state index in [0.717, 1.165) is 12.0 Å². The van der Waals surface area contributed by atoms with Gasteiger partial charge in [0.25, 0.3) is 5.91 Å². The number of aryl methyl sites for hydroxylation is 1. The summed E-state index contributed by atoms with van der Waals surface area (Å²) >= 11 is 0. The molecule has 2 aromatic heterocycles. The number of benzene rings is 2. The molecule has 0 aliphatic rings. The number of aromatic nitrogens is 1. The molecule has 0 fully saturated rings. The fourth-order valence-corrected chi connectivity index (χ4v) is 3.18. The average molecular weight is 384 g/mol. The van der Waals surface area contributed by atoms with E-state index in [-0.39, 0.29) is 11.2 Å². The molecule has 29 heavy (non-hydrogen) atoms. The van der Waals surface area contributed by atoms with Gasteiger partial charge in [0, 0.05) is 12.3 Å². The summed E-state index contributed by atoms with van der Waals surface area (Å²) in [6.45, 7) is 2.41. The van der Waals surface area contributed by atoms with Crippen LogP contribution in [0.1, 0.15) is 28.6 Å². The van der Waals surface area contributed by atoms with Crippen LogP contribution in [0.25, 0.3) is 11.0 Å². The number of para-hydroxylation sites is 1. The zero-order chi connectivity index (χ0) is 20.2. The van der Waals surface area contributed by atoms with Gasteiger partial charge in [-0.15, -0.1) is 0 Å². The molecular weight excluding hydrogens is 364 g/mol. The first kappa shape index (κ1) is 18.6. The summed E-state index contributed by atoms with van der Waals surface area (Å²) in [5.41, 5.74) is 2.33. The molecule has 0 saturated carbocycles. The highest BCUT2D eigenvalue weighted by atomic mass is 16.3. The maximum Gasteiger partial charge on any atom is 0.295 e. The number of nitrogens with zero attached hydrogens (tertiary/aromatic N) is 2. The minimum atomic E-state index is -0.411. The zero-order valence-corrected chi connectivity index (χ0v) is 16.0. The van der Waals surface area contributed by atoms with Crippen molar-refractivity contribution >= 4 is 22.7 Å². The van der Waals surface area contributed by atoms with Crippen LogP contribution in [0.3, 0.4) is 0 Å². The summed E-state index contributed by atoms with van der Waals surface area (Å²) in [5.74, 6) is 0.0727. The number of pyridine rings is 1. The Balaban J connectivity index is 1.74. The van der Waals surface area contributed by atoms with Crippen molar-refractivity contribution in [1.82, 2.24) is 4.98 Å². The largest absolute Gasteiger partial charge is 0.451 e. The highest BCUT2D eigenvalue weighted by Gasteiger charge is 2.22. The van der Waals surface area contributed by atoms with Gasteiger partial charge in [0.1, 0.15) is 11.4 Å². The fraction of sp³-hybridized carbons (Fsp3) is 0.125. The third-order valence-corrected chi connectivity index (χ3v) is 4.79. The number of fused-ring (bicyclic) bond motifs is 1. The molecule has 144 valence electrons. The maximum absolute atomic E-state index is 13.3. The van der Waals surface area contributed by atoms with Crippen molar-refractivity contribution in [3.05, 3.63) is 106 Å². The maximum atomic E-state index is 13.3. The van der Waals surface area contributed by atoms with Gasteiger partial charge in [0.15, 0.2) is 11.2 Å². The smallest absolute Gasteiger partial charge is 0.295 e. The molecule has 5 nitrogen and oxygen atoms in total. The summed E-state index contributed by atoms with van der Waals surface area (Å²) in [6, 6.07) is 21.6. The van der Waals surface area contributed by atoms with E-state index in [9.17, 15) is 9.59 Å². The molecular formula is C24H20N2O3. The molecule has 0 unspecified atom stereocenters. The Morgan fingerprint density at radius 1 is 0.966 bits per heavy atom. The first-order valence-corrected chi connectivity index (χ1v) is 9.49. The van der Waals surface area contributed by atoms with E-state index in [1.54, 1.807) is 42.6 Å². The molecule has 0 N–H and O–H groups in total. The van der Waals surface area contributed by atoms with Crippen molar-refractivity contribution in [2.45, 2.75) is 19.9 Å². The second-order valence-electron chi connectivity index (χ2n) is 6.72. The predicted molar refractivity (Wildman–Crippen MR) is 113 cm³/mol. The van der Waals surface area contributed by atoms with Crippen LogP contribution in [-0.4, -0.2) is 10.9 Å². The molecule has 0 aliphatic heterocycles. The van der Waals surface area contributed by atoms with E-state index in [1.165, 1.54) is 16.5 Å². The lowest BCUT2D eigenvalue weighted by molar-refractivity contribution is 0.0958. The van der Waals surface area contributed by atoms with Crippen LogP contribution in [0.15, 0.2) is 88.2 Å². The molecule has 0 spiro atoms. The zero-order valence-electron chi connectivity index (χ0n) is 16.0. The molecule has 0 aliphatic carbocycles. The Morgan fingerprint density at radius 2 is 1.69 bits per heavy atom. The molecule has 2 heterocycles. The van der Waals surface area contributed by atoms with Gasteiger partial charge >= 0.3 is 0 Å². The van der Waals surface area contributed by atoms with Crippen LogP contribution in [0.4, 0.5) is 5.82 Å². The van der Waals surface area contributed by atoms with Gasteiger partial charge in [0.2, 0.25) is 0 Å². The molecule has 4 rings (SSSR count). The third kappa shape index (κ3) is 3.94. The minimum Gasteiger partial charge on any atom is -0.451 e. The molecule has 2 aromatic carbocycles. The monoisotopic (exact) mass is 384 g/mol. The first-order chi connectivity index (χ1) is 14.2. The second-order valence-corrected chi connectivity index (χ2v) is 6.72. The number of rotatable bonds is 5. The van der Waals surface area contributed by atoms with Gasteiger partial charge in [-0.2, -0.15) is 0 Å². The van der Waals surface area contributed by atoms with E-state index >= 15 is 0 Å². The number of carbonyl (C=O) groups is 1.